The molecule has 10 heteroatoms. The average Bonchev–Trinajstić information content (AvgIpc) is 3.71. The topological polar surface area (TPSA) is 85.7 Å². The van der Waals surface area contributed by atoms with Gasteiger partial charge in [-0.3, -0.25) is 18.9 Å². The maximum atomic E-state index is 5.12. The van der Waals surface area contributed by atoms with E-state index in [-0.39, 0.29) is 0 Å². The van der Waals surface area contributed by atoms with Crippen LogP contribution in [0.5, 0.6) is 0 Å². The van der Waals surface area contributed by atoms with Crippen LogP contribution in [-0.2, 0) is 39.9 Å². The molecule has 5 heterocycles. The zero-order valence-electron chi connectivity index (χ0n) is 24.0. The third kappa shape index (κ3) is 5.20. The molecule has 1 fully saturated rings. The van der Waals surface area contributed by atoms with E-state index in [0.717, 1.165) is 103 Å². The molecule has 10 nitrogen and oxygen atoms in total. The molecule has 7 rings (SSSR count). The molecule has 0 unspecified atom stereocenters. The maximum absolute atomic E-state index is 5.12. The van der Waals surface area contributed by atoms with Gasteiger partial charge in [0.25, 0.3) is 0 Å². The number of likely N-dealkylation sites (N-methyl/N-ethyl adjacent to an activating group) is 1. The summed E-state index contributed by atoms with van der Waals surface area (Å²) in [5.74, 6) is 0.794. The van der Waals surface area contributed by atoms with Crippen LogP contribution in [0.1, 0.15) is 22.8 Å². The van der Waals surface area contributed by atoms with Crippen molar-refractivity contribution in [2.75, 3.05) is 39.8 Å². The maximum Gasteiger partial charge on any atom is 0.134 e. The first-order valence-corrected chi connectivity index (χ1v) is 14.4. The lowest BCUT2D eigenvalue weighted by molar-refractivity contribution is 0.148. The number of hydrogen-bond donors (Lipinski definition) is 0. The van der Waals surface area contributed by atoms with Crippen molar-refractivity contribution in [3.05, 3.63) is 77.9 Å². The van der Waals surface area contributed by atoms with Gasteiger partial charge in [0.2, 0.25) is 0 Å². The summed E-state index contributed by atoms with van der Waals surface area (Å²) in [7, 11) is 6.16. The minimum Gasteiger partial charge on any atom is -0.304 e. The Hall–Kier alpha value is -4.15. The van der Waals surface area contributed by atoms with Crippen LogP contribution in [0.4, 0.5) is 0 Å². The van der Waals surface area contributed by atoms with Crippen LogP contribution in [0.15, 0.2) is 55.1 Å². The molecule has 0 amide bonds. The number of aryl methyl sites for hydroxylation is 4. The molecule has 1 aliphatic carbocycles. The minimum absolute atomic E-state index is 0.611. The van der Waals surface area contributed by atoms with E-state index >= 15 is 0 Å². The van der Waals surface area contributed by atoms with Gasteiger partial charge in [-0.2, -0.15) is 15.3 Å². The van der Waals surface area contributed by atoms with Crippen molar-refractivity contribution in [2.24, 2.45) is 14.1 Å². The van der Waals surface area contributed by atoms with Crippen molar-refractivity contribution >= 4 is 0 Å². The van der Waals surface area contributed by atoms with Crippen LogP contribution < -0.4 is 0 Å². The van der Waals surface area contributed by atoms with Gasteiger partial charge in [0.1, 0.15) is 5.82 Å². The van der Waals surface area contributed by atoms with Gasteiger partial charge in [-0.05, 0) is 37.1 Å². The summed E-state index contributed by atoms with van der Waals surface area (Å²) >= 11 is 0. The summed E-state index contributed by atoms with van der Waals surface area (Å²) in [6.07, 6.45) is 10.4. The van der Waals surface area contributed by atoms with Gasteiger partial charge >= 0.3 is 0 Å². The molecule has 210 valence electrons. The lowest BCUT2D eigenvalue weighted by Gasteiger charge is -2.32. The van der Waals surface area contributed by atoms with Crippen molar-refractivity contribution in [3.63, 3.8) is 0 Å². The van der Waals surface area contributed by atoms with Crippen molar-refractivity contribution in [2.45, 2.75) is 25.8 Å². The zero-order valence-corrected chi connectivity index (χ0v) is 24.0. The van der Waals surface area contributed by atoms with E-state index in [0.29, 0.717) is 6.42 Å². The monoisotopic (exact) mass is 548 g/mol. The largest absolute Gasteiger partial charge is 0.304 e. The Bertz CT molecular complexity index is 1670. The second-order valence-corrected chi connectivity index (χ2v) is 11.3. The number of fused-ring (bicyclic) bond motifs is 3. The Kier molecular flexibility index (Phi) is 6.72. The molecule has 0 spiro atoms. The lowest BCUT2D eigenvalue weighted by atomic mass is 9.91. The van der Waals surface area contributed by atoms with Crippen molar-refractivity contribution in [3.8, 4) is 33.6 Å². The van der Waals surface area contributed by atoms with Crippen molar-refractivity contribution in [1.29, 1.82) is 0 Å². The number of hydrogen-bond acceptors (Lipinski definition) is 7. The third-order valence-electron chi connectivity index (χ3n) is 8.37. The molecule has 0 saturated carbocycles. The zero-order chi connectivity index (χ0) is 27.9. The summed E-state index contributed by atoms with van der Waals surface area (Å²) in [6, 6.07) is 10.7. The Labute approximate surface area is 240 Å². The minimum atomic E-state index is 0.611. The second-order valence-electron chi connectivity index (χ2n) is 11.3. The Morgan fingerprint density at radius 3 is 2.39 bits per heavy atom. The van der Waals surface area contributed by atoms with Crippen LogP contribution in [0, 0.1) is 0 Å². The number of piperazine rings is 1. The number of rotatable bonds is 7. The molecule has 1 aliphatic heterocycles. The van der Waals surface area contributed by atoms with Gasteiger partial charge in [-0.15, -0.1) is 0 Å². The first-order valence-electron chi connectivity index (χ1n) is 14.4. The fraction of sp³-hybridized carbons (Fsp3) is 0.387. The highest BCUT2D eigenvalue weighted by Gasteiger charge is 2.27. The van der Waals surface area contributed by atoms with Crippen LogP contribution in [0.3, 0.4) is 0 Å². The van der Waals surface area contributed by atoms with Crippen LogP contribution in [-0.4, -0.2) is 88.9 Å². The summed E-state index contributed by atoms with van der Waals surface area (Å²) in [5, 5.41) is 14.1. The van der Waals surface area contributed by atoms with Gasteiger partial charge in [0.05, 0.1) is 41.9 Å². The average molecular weight is 549 g/mol. The van der Waals surface area contributed by atoms with E-state index < -0.39 is 0 Å². The standard InChI is InChI=1S/C31H36N10/c1-37-12-14-40(15-13-37)16-17-41-11-10-26(35-41)18-28-32-19-24-8-9-27-29(30(24)34-28)31(39(3)36-27)23-6-4-22(5-7-23)25-20-33-38(2)21-25/h4-7,10-11,19-21H,8-9,12-18H2,1-3H3. The summed E-state index contributed by atoms with van der Waals surface area (Å²) < 4.78 is 5.88. The highest BCUT2D eigenvalue weighted by atomic mass is 15.3. The van der Waals surface area contributed by atoms with E-state index in [2.05, 4.69) is 63.2 Å². The number of aromatic nitrogens is 8. The molecule has 41 heavy (non-hydrogen) atoms. The first kappa shape index (κ1) is 25.8. The molecule has 0 N–H and O–H groups in total. The molecule has 0 bridgehead atoms. The molecule has 0 radical (unpaired) electrons. The Morgan fingerprint density at radius 2 is 1.61 bits per heavy atom. The fourth-order valence-corrected chi connectivity index (χ4v) is 6.01. The third-order valence-corrected chi connectivity index (χ3v) is 8.37. The van der Waals surface area contributed by atoms with E-state index in [1.807, 2.05) is 42.0 Å². The highest BCUT2D eigenvalue weighted by molar-refractivity contribution is 5.84. The van der Waals surface area contributed by atoms with Gasteiger partial charge in [0, 0.05) is 82.1 Å². The molecule has 1 saturated heterocycles. The Balaban J connectivity index is 1.12. The number of benzene rings is 1. The normalized spacial score (nSPS) is 15.7. The predicted octanol–water partition coefficient (Wildman–Crippen LogP) is 3.08. The van der Waals surface area contributed by atoms with E-state index in [1.165, 1.54) is 5.56 Å². The molecular weight excluding hydrogens is 512 g/mol. The summed E-state index contributed by atoms with van der Waals surface area (Å²) in [6.45, 7) is 6.45. The van der Waals surface area contributed by atoms with E-state index in [4.69, 9.17) is 20.2 Å². The molecule has 2 aliphatic rings. The molecule has 0 atom stereocenters. The van der Waals surface area contributed by atoms with E-state index in [1.54, 1.807) is 0 Å². The van der Waals surface area contributed by atoms with Crippen LogP contribution in [0.25, 0.3) is 33.6 Å². The molecule has 5 aromatic rings. The summed E-state index contributed by atoms with van der Waals surface area (Å²) in [4.78, 5) is 14.8. The van der Waals surface area contributed by atoms with E-state index in [9.17, 15) is 0 Å². The fourth-order valence-electron chi connectivity index (χ4n) is 6.01. The second kappa shape index (κ2) is 10.7. The molecular formula is C31H36N10. The van der Waals surface area contributed by atoms with Crippen molar-refractivity contribution < 1.29 is 0 Å². The van der Waals surface area contributed by atoms with Gasteiger partial charge in [-0.25, -0.2) is 9.97 Å². The molecule has 4 aromatic heterocycles. The van der Waals surface area contributed by atoms with Crippen LogP contribution >= 0.6 is 0 Å². The predicted molar refractivity (Wildman–Crippen MR) is 158 cm³/mol. The lowest BCUT2D eigenvalue weighted by Crippen LogP contribution is -2.45. The summed E-state index contributed by atoms with van der Waals surface area (Å²) in [5.41, 5.74) is 9.88. The van der Waals surface area contributed by atoms with Gasteiger partial charge in [0.15, 0.2) is 0 Å². The van der Waals surface area contributed by atoms with Crippen molar-refractivity contribution in [1.82, 2.24) is 49.1 Å². The van der Waals surface area contributed by atoms with Gasteiger partial charge < -0.3 is 4.90 Å². The molecule has 1 aromatic carbocycles. The van der Waals surface area contributed by atoms with Gasteiger partial charge in [-0.1, -0.05) is 24.3 Å². The first-order chi connectivity index (χ1) is 20.0. The van der Waals surface area contributed by atoms with Crippen LogP contribution in [0.2, 0.25) is 0 Å². The quantitative estimate of drug-likeness (QED) is 0.309. The smallest absolute Gasteiger partial charge is 0.134 e. The highest BCUT2D eigenvalue weighted by Crippen LogP contribution is 2.39. The number of nitrogens with zero attached hydrogens (tertiary/aromatic N) is 10. The SMILES string of the molecule is CN1CCN(CCn2ccc(Cc3ncc4c(n3)-c3c(nn(C)c3-c3ccc(-c5cnn(C)c5)cc3)CC4)n2)CC1. The Morgan fingerprint density at radius 1 is 0.805 bits per heavy atom.